The van der Waals surface area contributed by atoms with Crippen molar-refractivity contribution in [2.75, 3.05) is 31.6 Å². The second kappa shape index (κ2) is 11.2. The van der Waals surface area contributed by atoms with E-state index in [1.165, 1.54) is 24.3 Å². The summed E-state index contributed by atoms with van der Waals surface area (Å²) in [5.74, 6) is 1.76. The Balaban J connectivity index is 0.000000937. The Hall–Kier alpha value is -4.57. The van der Waals surface area contributed by atoms with Gasteiger partial charge in [-0.2, -0.15) is 4.58 Å². The van der Waals surface area contributed by atoms with E-state index in [0.29, 0.717) is 29.7 Å². The second-order valence-corrected chi connectivity index (χ2v) is 8.64. The zero-order chi connectivity index (χ0) is 26.5. The number of hydrogen-bond acceptors (Lipinski definition) is 8. The summed E-state index contributed by atoms with van der Waals surface area (Å²) in [5, 5.41) is 16.4. The van der Waals surface area contributed by atoms with E-state index in [9.17, 15) is 0 Å². The lowest BCUT2D eigenvalue weighted by atomic mass is 10.1. The predicted octanol–water partition coefficient (Wildman–Crippen LogP) is 4.53. The van der Waals surface area contributed by atoms with E-state index < -0.39 is 5.82 Å². The maximum atomic E-state index is 15.1. The number of allylic oxidation sites excluding steroid dienone is 3. The van der Waals surface area contributed by atoms with Gasteiger partial charge in [-0.3, -0.25) is 0 Å². The van der Waals surface area contributed by atoms with E-state index in [2.05, 4.69) is 30.5 Å². The Morgan fingerprint density at radius 3 is 2.89 bits per heavy atom. The number of benzene rings is 2. The Bertz CT molecular complexity index is 1510. The molecule has 3 aliphatic rings. The van der Waals surface area contributed by atoms with Gasteiger partial charge >= 0.3 is 0 Å². The molecular formula is C28H29FN7O2+. The smallest absolute Gasteiger partial charge is 0.248 e. The monoisotopic (exact) mass is 514 g/mol. The molecule has 0 bridgehead atoms. The predicted molar refractivity (Wildman–Crippen MR) is 147 cm³/mol. The first-order valence-corrected chi connectivity index (χ1v) is 12.4. The number of nitrogens with one attached hydrogen (secondary N) is 4. The van der Waals surface area contributed by atoms with Gasteiger partial charge in [0.2, 0.25) is 17.1 Å². The number of dihydropyridines is 1. The summed E-state index contributed by atoms with van der Waals surface area (Å²) in [6.07, 6.45) is 10.1. The number of ether oxygens (including phenoxy) is 2. The van der Waals surface area contributed by atoms with Gasteiger partial charge in [0.15, 0.2) is 13.2 Å². The number of halogens is 1. The first-order valence-electron chi connectivity index (χ1n) is 12.4. The first-order chi connectivity index (χ1) is 18.6. The van der Waals surface area contributed by atoms with Gasteiger partial charge in [0.25, 0.3) is 0 Å². The number of anilines is 2. The fourth-order valence-corrected chi connectivity index (χ4v) is 4.43. The van der Waals surface area contributed by atoms with E-state index in [4.69, 9.17) is 14.9 Å². The zero-order valence-corrected chi connectivity index (χ0v) is 21.2. The lowest BCUT2D eigenvalue weighted by Gasteiger charge is -2.23. The van der Waals surface area contributed by atoms with E-state index in [1.807, 2.05) is 31.2 Å². The van der Waals surface area contributed by atoms with Crippen molar-refractivity contribution in [2.45, 2.75) is 13.8 Å². The van der Waals surface area contributed by atoms with Crippen molar-refractivity contribution in [3.05, 3.63) is 78.4 Å². The van der Waals surface area contributed by atoms with Crippen LogP contribution in [-0.2, 0) is 0 Å². The molecule has 4 heterocycles. The van der Waals surface area contributed by atoms with E-state index in [0.717, 1.165) is 41.9 Å². The molecule has 38 heavy (non-hydrogen) atoms. The Kier molecular flexibility index (Phi) is 7.41. The molecule has 0 unspecified atom stereocenters. The molecule has 3 aromatic rings. The van der Waals surface area contributed by atoms with Crippen LogP contribution < -0.4 is 25.4 Å². The van der Waals surface area contributed by atoms with E-state index in [1.54, 1.807) is 31.3 Å². The minimum absolute atomic E-state index is 0.282. The number of nitrogens with zero attached hydrogens (tertiary/aromatic N) is 3. The highest BCUT2D eigenvalue weighted by Gasteiger charge is 2.32. The fraction of sp³-hybridized carbons (Fsp3) is 0.214. The minimum Gasteiger partial charge on any atom is -0.475 e. The molecule has 9 nitrogen and oxygen atoms in total. The Morgan fingerprint density at radius 1 is 1.21 bits per heavy atom. The third kappa shape index (κ3) is 5.12. The fourth-order valence-electron chi connectivity index (χ4n) is 4.43. The van der Waals surface area contributed by atoms with Gasteiger partial charge in [0, 0.05) is 30.1 Å². The van der Waals surface area contributed by atoms with Crippen LogP contribution in [0.2, 0.25) is 0 Å². The SMILES string of the molecule is C/C=C1\C=C(Oc2ccc(Nc3ncnc4ccc5c(c34)OCC3=[N+]5CCNC3)c(F)c2)C=CN1.CC=N. The third-order valence-corrected chi connectivity index (χ3v) is 6.17. The van der Waals surface area contributed by atoms with Gasteiger partial charge in [0.05, 0.1) is 29.7 Å². The molecule has 2 aromatic carbocycles. The molecule has 194 valence electrons. The second-order valence-electron chi connectivity index (χ2n) is 8.64. The highest BCUT2D eigenvalue weighted by molar-refractivity contribution is 6.00. The Morgan fingerprint density at radius 2 is 2.08 bits per heavy atom. The van der Waals surface area contributed by atoms with Gasteiger partial charge in [-0.05, 0) is 44.3 Å². The van der Waals surface area contributed by atoms with Gasteiger partial charge in [-0.15, -0.1) is 0 Å². The van der Waals surface area contributed by atoms with Crippen LogP contribution in [0.5, 0.6) is 11.5 Å². The molecule has 6 rings (SSSR count). The molecule has 0 aliphatic carbocycles. The first kappa shape index (κ1) is 25.1. The normalized spacial score (nSPS) is 16.8. The number of fused-ring (bicyclic) bond motifs is 4. The lowest BCUT2D eigenvalue weighted by molar-refractivity contribution is -0.449. The maximum Gasteiger partial charge on any atom is 0.248 e. The summed E-state index contributed by atoms with van der Waals surface area (Å²) in [7, 11) is 0. The molecule has 0 spiro atoms. The molecule has 0 fully saturated rings. The number of rotatable bonds is 4. The molecule has 4 N–H and O–H groups in total. The molecule has 3 aliphatic heterocycles. The summed E-state index contributed by atoms with van der Waals surface area (Å²) >= 11 is 0. The number of aromatic nitrogens is 2. The van der Waals surface area contributed by atoms with Crippen LogP contribution in [0.3, 0.4) is 0 Å². The van der Waals surface area contributed by atoms with Crippen molar-refractivity contribution in [3.8, 4) is 11.5 Å². The van der Waals surface area contributed by atoms with Gasteiger partial charge in [0.1, 0.15) is 29.5 Å². The van der Waals surface area contributed by atoms with Gasteiger partial charge in [-0.1, -0.05) is 6.08 Å². The number of hydrogen-bond donors (Lipinski definition) is 4. The topological polar surface area (TPSA) is 107 Å². The third-order valence-electron chi connectivity index (χ3n) is 6.17. The van der Waals surface area contributed by atoms with Crippen LogP contribution in [-0.4, -0.2) is 52.7 Å². The minimum atomic E-state index is -0.456. The van der Waals surface area contributed by atoms with Crippen molar-refractivity contribution in [1.29, 1.82) is 5.41 Å². The molecule has 10 heteroatoms. The summed E-state index contributed by atoms with van der Waals surface area (Å²) in [6.45, 7) is 6.64. The molecule has 0 atom stereocenters. The maximum absolute atomic E-state index is 15.1. The highest BCUT2D eigenvalue weighted by atomic mass is 19.1. The van der Waals surface area contributed by atoms with Crippen LogP contribution in [0, 0.1) is 11.2 Å². The highest BCUT2D eigenvalue weighted by Crippen LogP contribution is 2.41. The van der Waals surface area contributed by atoms with Crippen molar-refractivity contribution >= 4 is 40.0 Å². The lowest BCUT2D eigenvalue weighted by Crippen LogP contribution is -2.44. The van der Waals surface area contributed by atoms with Crippen LogP contribution in [0.25, 0.3) is 10.9 Å². The van der Waals surface area contributed by atoms with E-state index in [-0.39, 0.29) is 5.69 Å². The van der Waals surface area contributed by atoms with Crippen LogP contribution >= 0.6 is 0 Å². The molecular weight excluding hydrogens is 485 g/mol. The van der Waals surface area contributed by atoms with Crippen molar-refractivity contribution in [1.82, 2.24) is 20.6 Å². The summed E-state index contributed by atoms with van der Waals surface area (Å²) in [6, 6.07) is 8.68. The standard InChI is InChI=1S/C26H24FN6O2.C2H5N/c1-2-16-11-19(7-8-29-16)35-18-3-4-21(20(27)12-18)32-26-24-22(30-15-31-26)5-6-23-25(24)34-14-17-13-28-9-10-33(17)23;1-2-3/h2-8,11-12,15,28-29H,9-10,13-14H2,1H3,(H,30,31,32);2-3H,1H3/q+1;/b16-2+;. The largest absolute Gasteiger partial charge is 0.475 e. The molecule has 1 aromatic heterocycles. The average Bonchev–Trinajstić information content (AvgIpc) is 2.94. The van der Waals surface area contributed by atoms with Crippen molar-refractivity contribution < 1.29 is 18.4 Å². The summed E-state index contributed by atoms with van der Waals surface area (Å²) in [5.41, 5.74) is 4.09. The van der Waals surface area contributed by atoms with E-state index >= 15 is 4.39 Å². The van der Waals surface area contributed by atoms with Crippen molar-refractivity contribution in [2.24, 2.45) is 0 Å². The zero-order valence-electron chi connectivity index (χ0n) is 21.2. The summed E-state index contributed by atoms with van der Waals surface area (Å²) < 4.78 is 29.4. The average molecular weight is 515 g/mol. The molecule has 0 saturated heterocycles. The quantitative estimate of drug-likeness (QED) is 0.299. The molecule has 0 radical (unpaired) electrons. The Labute approximate surface area is 219 Å². The van der Waals surface area contributed by atoms with Gasteiger partial charge < -0.3 is 30.8 Å². The van der Waals surface area contributed by atoms with Crippen LogP contribution in [0.4, 0.5) is 21.6 Å². The van der Waals surface area contributed by atoms with Gasteiger partial charge in [-0.25, -0.2) is 14.4 Å². The molecule has 0 amide bonds. The van der Waals surface area contributed by atoms with Crippen LogP contribution in [0.15, 0.2) is 72.5 Å². The molecule has 0 saturated carbocycles. The summed E-state index contributed by atoms with van der Waals surface area (Å²) in [4.78, 5) is 8.83. The van der Waals surface area contributed by atoms with Crippen LogP contribution in [0.1, 0.15) is 13.8 Å². The van der Waals surface area contributed by atoms with Crippen molar-refractivity contribution in [3.63, 3.8) is 0 Å².